The first-order valence-electron chi connectivity index (χ1n) is 6.40. The largest absolute Gasteiger partial charge is 0.370 e. The van der Waals surface area contributed by atoms with Crippen molar-refractivity contribution in [3.8, 4) is 0 Å². The van der Waals surface area contributed by atoms with Gasteiger partial charge in [0.15, 0.2) is 11.6 Å². The number of hydrogen-bond acceptors (Lipinski definition) is 1. The molecule has 1 aromatic carbocycles. The summed E-state index contributed by atoms with van der Waals surface area (Å²) in [5.74, 6) is 0.338. The fourth-order valence-electron chi connectivity index (χ4n) is 1.96. The molecular formula is C14H21FIN3. The molecule has 3 unspecified atom stereocenters. The Balaban J connectivity index is 0.00000180. The summed E-state index contributed by atoms with van der Waals surface area (Å²) in [6, 6.07) is 9.08. The van der Waals surface area contributed by atoms with Gasteiger partial charge in [0, 0.05) is 12.5 Å². The van der Waals surface area contributed by atoms with Crippen molar-refractivity contribution in [3.63, 3.8) is 0 Å². The van der Waals surface area contributed by atoms with Gasteiger partial charge in [-0.3, -0.25) is 0 Å². The average molecular weight is 377 g/mol. The highest BCUT2D eigenvalue weighted by molar-refractivity contribution is 14.0. The zero-order chi connectivity index (χ0) is 13.2. The Hall–Kier alpha value is -0.850. The molecule has 0 radical (unpaired) electrons. The van der Waals surface area contributed by atoms with E-state index in [2.05, 4.69) is 17.2 Å². The van der Waals surface area contributed by atoms with Gasteiger partial charge in [-0.2, -0.15) is 0 Å². The second-order valence-electron chi connectivity index (χ2n) is 4.92. The van der Waals surface area contributed by atoms with Crippen molar-refractivity contribution >= 4 is 29.9 Å². The van der Waals surface area contributed by atoms with Gasteiger partial charge in [-0.05, 0) is 18.9 Å². The summed E-state index contributed by atoms with van der Waals surface area (Å²) in [5, 5.41) is 3.05. The molecule has 1 saturated carbocycles. The van der Waals surface area contributed by atoms with Gasteiger partial charge in [-0.15, -0.1) is 24.0 Å². The minimum Gasteiger partial charge on any atom is -0.370 e. The summed E-state index contributed by atoms with van der Waals surface area (Å²) >= 11 is 0. The summed E-state index contributed by atoms with van der Waals surface area (Å²) in [6.45, 7) is 4.08. The monoisotopic (exact) mass is 377 g/mol. The van der Waals surface area contributed by atoms with Gasteiger partial charge < -0.3 is 11.1 Å². The Labute approximate surface area is 130 Å². The number of aliphatic imine (C=N–C) groups is 1. The quantitative estimate of drug-likeness (QED) is 0.482. The van der Waals surface area contributed by atoms with E-state index >= 15 is 0 Å². The predicted octanol–water partition coefficient (Wildman–Crippen LogP) is 2.94. The topological polar surface area (TPSA) is 50.4 Å². The van der Waals surface area contributed by atoms with Crippen molar-refractivity contribution in [2.45, 2.75) is 44.4 Å². The van der Waals surface area contributed by atoms with Gasteiger partial charge in [-0.25, -0.2) is 9.38 Å². The van der Waals surface area contributed by atoms with E-state index in [0.717, 1.165) is 6.42 Å². The molecule has 0 bridgehead atoms. The van der Waals surface area contributed by atoms with Gasteiger partial charge in [-0.1, -0.05) is 37.3 Å². The first-order valence-corrected chi connectivity index (χ1v) is 6.40. The maximum atomic E-state index is 14.5. The van der Waals surface area contributed by atoms with Gasteiger partial charge in [0.05, 0.1) is 6.04 Å². The lowest BCUT2D eigenvalue weighted by Gasteiger charge is -2.12. The smallest absolute Gasteiger partial charge is 0.189 e. The molecule has 0 spiro atoms. The van der Waals surface area contributed by atoms with Crippen molar-refractivity contribution in [2.75, 3.05) is 0 Å². The predicted molar refractivity (Wildman–Crippen MR) is 87.6 cm³/mol. The maximum absolute atomic E-state index is 14.5. The third-order valence-corrected chi connectivity index (χ3v) is 3.41. The minimum absolute atomic E-state index is 0. The van der Waals surface area contributed by atoms with Crippen molar-refractivity contribution in [2.24, 2.45) is 10.7 Å². The second-order valence-corrected chi connectivity index (χ2v) is 4.92. The zero-order valence-corrected chi connectivity index (χ0v) is 13.6. The first kappa shape index (κ1) is 16.2. The molecule has 106 valence electrons. The molecular weight excluding hydrogens is 356 g/mol. The fourth-order valence-corrected chi connectivity index (χ4v) is 1.96. The molecule has 3 nitrogen and oxygen atoms in total. The molecule has 0 saturated heterocycles. The number of rotatable bonds is 4. The van der Waals surface area contributed by atoms with E-state index < -0.39 is 5.67 Å². The van der Waals surface area contributed by atoms with Crippen LogP contribution in [0.2, 0.25) is 0 Å². The number of nitrogens with zero attached hydrogens (tertiary/aromatic N) is 1. The number of hydrogen-bond donors (Lipinski definition) is 2. The normalized spacial score (nSPS) is 27.3. The van der Waals surface area contributed by atoms with Gasteiger partial charge >= 0.3 is 0 Å². The lowest BCUT2D eigenvalue weighted by Crippen LogP contribution is -2.38. The van der Waals surface area contributed by atoms with Crippen LogP contribution in [0.4, 0.5) is 4.39 Å². The number of guanidine groups is 1. The molecule has 2 rings (SSSR count). The number of nitrogens with one attached hydrogen (secondary N) is 1. The lowest BCUT2D eigenvalue weighted by molar-refractivity contribution is 0.306. The molecule has 1 fully saturated rings. The first-order chi connectivity index (χ1) is 8.56. The van der Waals surface area contributed by atoms with Crippen molar-refractivity contribution in [1.29, 1.82) is 0 Å². The number of benzene rings is 1. The Kier molecular flexibility index (Phi) is 5.58. The van der Waals surface area contributed by atoms with Crippen LogP contribution >= 0.6 is 24.0 Å². The zero-order valence-electron chi connectivity index (χ0n) is 11.3. The number of alkyl halides is 1. The second kappa shape index (κ2) is 6.54. The van der Waals surface area contributed by atoms with Crippen molar-refractivity contribution in [1.82, 2.24) is 5.32 Å². The Morgan fingerprint density at radius 1 is 1.53 bits per heavy atom. The van der Waals surface area contributed by atoms with E-state index in [1.165, 1.54) is 0 Å². The lowest BCUT2D eigenvalue weighted by atomic mass is 10.1. The van der Waals surface area contributed by atoms with E-state index in [1.807, 2.05) is 25.1 Å². The summed E-state index contributed by atoms with van der Waals surface area (Å²) in [5.41, 5.74) is 5.12. The molecule has 1 aromatic rings. The van der Waals surface area contributed by atoms with E-state index in [-0.39, 0.29) is 36.1 Å². The number of nitrogens with two attached hydrogens (primary N) is 1. The SMILES string of the molecule is CCC(C)NC(N)=NC1CC1(F)c1ccccc1.I. The third-order valence-electron chi connectivity index (χ3n) is 3.41. The highest BCUT2D eigenvalue weighted by Gasteiger charge is 2.57. The maximum Gasteiger partial charge on any atom is 0.189 e. The van der Waals surface area contributed by atoms with Crippen LogP contribution in [-0.4, -0.2) is 18.0 Å². The Morgan fingerprint density at radius 3 is 2.74 bits per heavy atom. The fraction of sp³-hybridized carbons (Fsp3) is 0.500. The summed E-state index contributed by atoms with van der Waals surface area (Å²) in [6.07, 6.45) is 1.38. The van der Waals surface area contributed by atoms with Crippen LogP contribution in [0.3, 0.4) is 0 Å². The van der Waals surface area contributed by atoms with E-state index in [4.69, 9.17) is 5.73 Å². The van der Waals surface area contributed by atoms with Crippen LogP contribution in [0, 0.1) is 0 Å². The molecule has 0 heterocycles. The van der Waals surface area contributed by atoms with E-state index in [1.54, 1.807) is 12.1 Å². The Morgan fingerprint density at radius 2 is 2.16 bits per heavy atom. The molecule has 3 N–H and O–H groups in total. The Bertz CT molecular complexity index is 438. The highest BCUT2D eigenvalue weighted by atomic mass is 127. The van der Waals surface area contributed by atoms with Crippen LogP contribution in [0.5, 0.6) is 0 Å². The van der Waals surface area contributed by atoms with Crippen molar-refractivity contribution in [3.05, 3.63) is 35.9 Å². The molecule has 1 aliphatic carbocycles. The summed E-state index contributed by atoms with van der Waals surface area (Å²) < 4.78 is 14.5. The highest BCUT2D eigenvalue weighted by Crippen LogP contribution is 2.51. The third kappa shape index (κ3) is 3.81. The van der Waals surface area contributed by atoms with E-state index in [9.17, 15) is 4.39 Å². The van der Waals surface area contributed by atoms with Crippen LogP contribution in [-0.2, 0) is 5.67 Å². The van der Waals surface area contributed by atoms with Crippen LogP contribution in [0.25, 0.3) is 0 Å². The van der Waals surface area contributed by atoms with Gasteiger partial charge in [0.25, 0.3) is 0 Å². The molecule has 0 aliphatic heterocycles. The molecule has 5 heteroatoms. The van der Waals surface area contributed by atoms with E-state index in [0.29, 0.717) is 17.9 Å². The summed E-state index contributed by atoms with van der Waals surface area (Å²) in [4.78, 5) is 4.21. The summed E-state index contributed by atoms with van der Waals surface area (Å²) in [7, 11) is 0. The van der Waals surface area contributed by atoms with Crippen molar-refractivity contribution < 1.29 is 4.39 Å². The average Bonchev–Trinajstić information content (AvgIpc) is 3.02. The van der Waals surface area contributed by atoms with Gasteiger partial charge in [0.2, 0.25) is 0 Å². The molecule has 0 aromatic heterocycles. The van der Waals surface area contributed by atoms with Crippen LogP contribution in [0.1, 0.15) is 32.3 Å². The standard InChI is InChI=1S/C14H20FN3.HI/c1-3-10(2)17-13(16)18-12-9-14(12,15)11-7-5-4-6-8-11;/h4-8,10,12H,3,9H2,1-2H3,(H3,16,17,18);1H. The molecule has 0 amide bonds. The molecule has 3 atom stereocenters. The molecule has 1 aliphatic rings. The minimum atomic E-state index is -1.33. The van der Waals surface area contributed by atoms with Crippen LogP contribution in [0.15, 0.2) is 35.3 Å². The van der Waals surface area contributed by atoms with Crippen LogP contribution < -0.4 is 11.1 Å². The molecule has 19 heavy (non-hydrogen) atoms. The number of halogens is 2. The van der Waals surface area contributed by atoms with Gasteiger partial charge in [0.1, 0.15) is 0 Å².